The molecule has 0 heterocycles. The minimum atomic E-state index is -0.734. The van der Waals surface area contributed by atoms with Crippen molar-refractivity contribution in [3.05, 3.63) is 12.2 Å². The Balaban J connectivity index is 4.11. The number of hydrogen-bond donors (Lipinski definition) is 1. The highest BCUT2D eigenvalue weighted by Crippen LogP contribution is 2.23. The molecule has 2 nitrogen and oxygen atoms in total. The highest BCUT2D eigenvalue weighted by atomic mass is 16.4. The molecule has 0 radical (unpaired) electrons. The molecule has 0 aliphatic rings. The number of hydrogen-bond acceptors (Lipinski definition) is 1. The van der Waals surface area contributed by atoms with E-state index < -0.39 is 11.4 Å². The molecule has 0 fully saturated rings. The van der Waals surface area contributed by atoms with Gasteiger partial charge in [0.2, 0.25) is 0 Å². The number of carboxylic acid groups (broad SMARTS) is 1. The largest absolute Gasteiger partial charge is 0.481 e. The third kappa shape index (κ3) is 4.11. The fourth-order valence-corrected chi connectivity index (χ4v) is 1.01. The Morgan fingerprint density at radius 1 is 1.46 bits per heavy atom. The monoisotopic (exact) mass is 184 g/mol. The summed E-state index contributed by atoms with van der Waals surface area (Å²) in [5, 5.41) is 8.94. The Bertz CT molecular complexity index is 185. The third-order valence-corrected chi connectivity index (χ3v) is 2.43. The van der Waals surface area contributed by atoms with E-state index in [1.165, 1.54) is 0 Å². The zero-order valence-electron chi connectivity index (χ0n) is 8.84. The molecule has 0 saturated carbocycles. The van der Waals surface area contributed by atoms with E-state index in [0.717, 1.165) is 19.3 Å². The van der Waals surface area contributed by atoms with Crippen molar-refractivity contribution in [1.29, 1.82) is 0 Å². The molecule has 76 valence electrons. The first-order chi connectivity index (χ1) is 6.06. The normalized spacial score (nSPS) is 15.9. The van der Waals surface area contributed by atoms with Gasteiger partial charge in [0.15, 0.2) is 0 Å². The molecule has 0 bridgehead atoms. The molecule has 0 rings (SSSR count). The summed E-state index contributed by atoms with van der Waals surface area (Å²) in [6.07, 6.45) is 7.73. The van der Waals surface area contributed by atoms with Crippen molar-refractivity contribution in [2.24, 2.45) is 5.41 Å². The average molecular weight is 184 g/mol. The van der Waals surface area contributed by atoms with Crippen molar-refractivity contribution >= 4 is 5.97 Å². The zero-order chi connectivity index (χ0) is 10.3. The number of carbonyl (C=O) groups is 1. The lowest BCUT2D eigenvalue weighted by Crippen LogP contribution is -2.23. The maximum atomic E-state index is 10.9. The first kappa shape index (κ1) is 12.2. The first-order valence-corrected chi connectivity index (χ1v) is 4.98. The molecular formula is C11H20O2. The molecule has 0 aliphatic carbocycles. The Kier molecular flexibility index (Phi) is 5.44. The van der Waals surface area contributed by atoms with Crippen molar-refractivity contribution in [1.82, 2.24) is 0 Å². The molecule has 0 aromatic rings. The molecular weight excluding hydrogens is 164 g/mol. The maximum Gasteiger partial charge on any atom is 0.313 e. The van der Waals surface area contributed by atoms with E-state index in [2.05, 4.69) is 6.92 Å². The van der Waals surface area contributed by atoms with Crippen molar-refractivity contribution in [3.8, 4) is 0 Å². The molecule has 13 heavy (non-hydrogen) atoms. The summed E-state index contributed by atoms with van der Waals surface area (Å²) in [4.78, 5) is 10.9. The molecule has 1 atom stereocenters. The van der Waals surface area contributed by atoms with Crippen LogP contribution in [0.4, 0.5) is 0 Å². The number of allylic oxidation sites excluding steroid dienone is 1. The highest BCUT2D eigenvalue weighted by molar-refractivity contribution is 5.76. The van der Waals surface area contributed by atoms with Crippen LogP contribution in [-0.2, 0) is 4.79 Å². The van der Waals surface area contributed by atoms with Gasteiger partial charge in [0.25, 0.3) is 0 Å². The second-order valence-electron chi connectivity index (χ2n) is 3.62. The van der Waals surface area contributed by atoms with Gasteiger partial charge in [-0.25, -0.2) is 0 Å². The topological polar surface area (TPSA) is 37.3 Å². The molecule has 1 unspecified atom stereocenters. The Morgan fingerprint density at radius 3 is 2.46 bits per heavy atom. The van der Waals surface area contributed by atoms with Gasteiger partial charge in [-0.1, -0.05) is 38.8 Å². The van der Waals surface area contributed by atoms with E-state index in [1.54, 1.807) is 6.92 Å². The molecule has 0 aliphatic heterocycles. The summed E-state index contributed by atoms with van der Waals surface area (Å²) < 4.78 is 0. The summed E-state index contributed by atoms with van der Waals surface area (Å²) in [5.74, 6) is -0.734. The van der Waals surface area contributed by atoms with Gasteiger partial charge in [0, 0.05) is 0 Å². The number of aliphatic carboxylic acids is 1. The zero-order valence-corrected chi connectivity index (χ0v) is 8.84. The van der Waals surface area contributed by atoms with E-state index in [9.17, 15) is 4.79 Å². The minimum absolute atomic E-state index is 0.644. The molecule has 0 spiro atoms. The van der Waals surface area contributed by atoms with E-state index >= 15 is 0 Å². The molecule has 0 amide bonds. The standard InChI is InChI=1S/C11H20O2/c1-4-6-7-8-9-11(3,5-2)10(12)13/h8-9H,4-7H2,1-3H3,(H,12,13)/b9-8+. The van der Waals surface area contributed by atoms with E-state index in [0.29, 0.717) is 6.42 Å². The van der Waals surface area contributed by atoms with Crippen LogP contribution in [0.25, 0.3) is 0 Å². The lowest BCUT2D eigenvalue weighted by atomic mass is 9.87. The quantitative estimate of drug-likeness (QED) is 0.508. The van der Waals surface area contributed by atoms with Crippen LogP contribution in [0.3, 0.4) is 0 Å². The lowest BCUT2D eigenvalue weighted by molar-refractivity contribution is -0.145. The van der Waals surface area contributed by atoms with Gasteiger partial charge in [-0.2, -0.15) is 0 Å². The minimum Gasteiger partial charge on any atom is -0.481 e. The number of unbranched alkanes of at least 4 members (excludes halogenated alkanes) is 2. The summed E-state index contributed by atoms with van der Waals surface area (Å²) in [7, 11) is 0. The summed E-state index contributed by atoms with van der Waals surface area (Å²) in [6.45, 7) is 5.79. The SMILES string of the molecule is CCCC/C=C/C(C)(CC)C(=O)O. The molecule has 1 N–H and O–H groups in total. The van der Waals surface area contributed by atoms with Gasteiger partial charge in [-0.3, -0.25) is 4.79 Å². The first-order valence-electron chi connectivity index (χ1n) is 4.98. The second kappa shape index (κ2) is 5.79. The number of carboxylic acids is 1. The van der Waals surface area contributed by atoms with Gasteiger partial charge >= 0.3 is 5.97 Å². The Morgan fingerprint density at radius 2 is 2.08 bits per heavy atom. The maximum absolute atomic E-state index is 10.9. The smallest absolute Gasteiger partial charge is 0.313 e. The molecule has 0 aromatic carbocycles. The lowest BCUT2D eigenvalue weighted by Gasteiger charge is -2.17. The van der Waals surface area contributed by atoms with Gasteiger partial charge < -0.3 is 5.11 Å². The predicted molar refractivity (Wildman–Crippen MR) is 54.7 cm³/mol. The fourth-order valence-electron chi connectivity index (χ4n) is 1.01. The summed E-state index contributed by atoms with van der Waals surface area (Å²) in [5.41, 5.74) is -0.673. The number of rotatable bonds is 6. The van der Waals surface area contributed by atoms with E-state index in [4.69, 9.17) is 5.11 Å². The highest BCUT2D eigenvalue weighted by Gasteiger charge is 2.27. The van der Waals surface area contributed by atoms with Crippen molar-refractivity contribution < 1.29 is 9.90 Å². The Hall–Kier alpha value is -0.790. The van der Waals surface area contributed by atoms with Crippen molar-refractivity contribution in [2.75, 3.05) is 0 Å². The van der Waals surface area contributed by atoms with Crippen LogP contribution in [0.5, 0.6) is 0 Å². The third-order valence-electron chi connectivity index (χ3n) is 2.43. The van der Waals surface area contributed by atoms with Crippen LogP contribution in [0, 0.1) is 5.41 Å². The van der Waals surface area contributed by atoms with Gasteiger partial charge in [-0.15, -0.1) is 0 Å². The summed E-state index contributed by atoms with van der Waals surface area (Å²) >= 11 is 0. The average Bonchev–Trinajstić information content (AvgIpc) is 2.12. The second-order valence-corrected chi connectivity index (χ2v) is 3.62. The van der Waals surface area contributed by atoms with Gasteiger partial charge in [-0.05, 0) is 19.8 Å². The van der Waals surface area contributed by atoms with Crippen LogP contribution < -0.4 is 0 Å². The molecule has 2 heteroatoms. The predicted octanol–water partition coefficient (Wildman–Crippen LogP) is 3.23. The van der Waals surface area contributed by atoms with E-state index in [1.807, 2.05) is 19.1 Å². The van der Waals surface area contributed by atoms with Gasteiger partial charge in [0.05, 0.1) is 5.41 Å². The van der Waals surface area contributed by atoms with Crippen LogP contribution in [-0.4, -0.2) is 11.1 Å². The van der Waals surface area contributed by atoms with Crippen LogP contribution in [0.15, 0.2) is 12.2 Å². The van der Waals surface area contributed by atoms with Crippen LogP contribution in [0.1, 0.15) is 46.5 Å². The Labute approximate surface area is 80.7 Å². The van der Waals surface area contributed by atoms with Crippen LogP contribution in [0.2, 0.25) is 0 Å². The van der Waals surface area contributed by atoms with Gasteiger partial charge in [0.1, 0.15) is 0 Å². The fraction of sp³-hybridized carbons (Fsp3) is 0.727. The van der Waals surface area contributed by atoms with E-state index in [-0.39, 0.29) is 0 Å². The molecule has 0 saturated heterocycles. The molecule has 0 aromatic heterocycles. The van der Waals surface area contributed by atoms with Crippen LogP contribution >= 0.6 is 0 Å². The van der Waals surface area contributed by atoms with Crippen molar-refractivity contribution in [3.63, 3.8) is 0 Å². The van der Waals surface area contributed by atoms with Crippen molar-refractivity contribution in [2.45, 2.75) is 46.5 Å². The summed E-state index contributed by atoms with van der Waals surface area (Å²) in [6, 6.07) is 0.